The van der Waals surface area contributed by atoms with E-state index in [1.807, 2.05) is 6.92 Å². The highest BCUT2D eigenvalue weighted by atomic mass is 32.2. The Morgan fingerprint density at radius 2 is 2.04 bits per heavy atom. The number of hydrogen-bond acceptors (Lipinski definition) is 7. The lowest BCUT2D eigenvalue weighted by atomic mass is 9.97. The van der Waals surface area contributed by atoms with E-state index in [1.54, 1.807) is 7.11 Å². The molecule has 2 atom stereocenters. The Bertz CT molecular complexity index is 888. The van der Waals surface area contributed by atoms with Gasteiger partial charge >= 0.3 is 0 Å². The van der Waals surface area contributed by atoms with Crippen molar-refractivity contribution in [3.63, 3.8) is 0 Å². The van der Waals surface area contributed by atoms with E-state index in [0.717, 1.165) is 11.3 Å². The Morgan fingerprint density at radius 3 is 2.56 bits per heavy atom. The molecule has 2 heterocycles. The van der Waals surface area contributed by atoms with Gasteiger partial charge in [0.1, 0.15) is 14.8 Å². The van der Waals surface area contributed by atoms with Crippen LogP contribution in [0.4, 0.5) is 0 Å². The number of ketones is 1. The van der Waals surface area contributed by atoms with E-state index in [2.05, 4.69) is 4.98 Å². The van der Waals surface area contributed by atoms with Crippen LogP contribution >= 0.6 is 11.3 Å². The zero-order chi connectivity index (χ0) is 18.2. The summed E-state index contributed by atoms with van der Waals surface area (Å²) in [6.45, 7) is 3.88. The van der Waals surface area contributed by atoms with Gasteiger partial charge < -0.3 is 9.47 Å². The van der Waals surface area contributed by atoms with Crippen LogP contribution in [0, 0.1) is 0 Å². The number of sulfone groups is 1. The third kappa shape index (κ3) is 3.03. The molecule has 0 N–H and O–H groups in total. The van der Waals surface area contributed by atoms with Crippen molar-refractivity contribution in [3.8, 4) is 0 Å². The molecule has 2 unspecified atom stereocenters. The number of carbonyl (C=O) groups is 1. The zero-order valence-corrected chi connectivity index (χ0v) is 15.8. The van der Waals surface area contributed by atoms with Gasteiger partial charge in [-0.05, 0) is 26.0 Å². The summed E-state index contributed by atoms with van der Waals surface area (Å²) < 4.78 is 37.1. The van der Waals surface area contributed by atoms with Crippen LogP contribution in [0.15, 0.2) is 39.6 Å². The molecule has 2 aromatic rings. The van der Waals surface area contributed by atoms with Gasteiger partial charge in [0.15, 0.2) is 5.78 Å². The van der Waals surface area contributed by atoms with Crippen molar-refractivity contribution in [2.24, 2.45) is 0 Å². The molecule has 1 aromatic carbocycles. The maximum Gasteiger partial charge on any atom is 0.217 e. The van der Waals surface area contributed by atoms with E-state index in [0.29, 0.717) is 23.6 Å². The fraction of sp³-hybridized carbons (Fsp3) is 0.412. The summed E-state index contributed by atoms with van der Waals surface area (Å²) >= 11 is 1.10. The number of thiazole rings is 1. The van der Waals surface area contributed by atoms with Gasteiger partial charge in [-0.15, -0.1) is 11.3 Å². The van der Waals surface area contributed by atoms with Crippen LogP contribution in [-0.2, 0) is 24.9 Å². The lowest BCUT2D eigenvalue weighted by Gasteiger charge is -2.28. The summed E-state index contributed by atoms with van der Waals surface area (Å²) in [4.78, 5) is 15.8. The third-order valence-corrected chi connectivity index (χ3v) is 7.93. The second kappa shape index (κ2) is 6.60. The smallest absolute Gasteiger partial charge is 0.217 e. The van der Waals surface area contributed by atoms with Gasteiger partial charge in [-0.2, -0.15) is 0 Å². The molecular formula is C17H19NO5S2. The SMILES string of the molecule is COC1(c2ncc(S(=O)(=O)c3ccc(C(C)=O)cc3)s2)CCOC1C. The Labute approximate surface area is 150 Å². The second-order valence-electron chi connectivity index (χ2n) is 5.93. The molecule has 1 aliphatic rings. The molecule has 134 valence electrons. The monoisotopic (exact) mass is 381 g/mol. The summed E-state index contributed by atoms with van der Waals surface area (Å²) in [6, 6.07) is 5.92. The normalized spacial score (nSPS) is 23.7. The molecule has 0 bridgehead atoms. The maximum absolute atomic E-state index is 12.8. The molecule has 1 aromatic heterocycles. The molecule has 1 saturated heterocycles. The summed E-state index contributed by atoms with van der Waals surface area (Å²) in [5.74, 6) is -0.110. The zero-order valence-electron chi connectivity index (χ0n) is 14.2. The van der Waals surface area contributed by atoms with Gasteiger partial charge in [0.05, 0.1) is 23.8 Å². The number of hydrogen-bond donors (Lipinski definition) is 0. The fourth-order valence-electron chi connectivity index (χ4n) is 2.93. The van der Waals surface area contributed by atoms with E-state index in [9.17, 15) is 13.2 Å². The lowest BCUT2D eigenvalue weighted by Crippen LogP contribution is -2.35. The highest BCUT2D eigenvalue weighted by Crippen LogP contribution is 2.42. The molecule has 0 aliphatic carbocycles. The quantitative estimate of drug-likeness (QED) is 0.741. The molecule has 0 radical (unpaired) electrons. The minimum atomic E-state index is -3.69. The standard InChI is InChI=1S/C17H19NO5S2/c1-11(19)13-4-6-14(7-5-13)25(20,21)15-10-18-16(24-15)17(22-3)8-9-23-12(17)2/h4-7,10,12H,8-9H2,1-3H3. The predicted octanol–water partition coefficient (Wildman–Crippen LogP) is 2.83. The van der Waals surface area contributed by atoms with Crippen molar-refractivity contribution >= 4 is 27.0 Å². The maximum atomic E-state index is 12.8. The number of benzene rings is 1. The summed E-state index contributed by atoms with van der Waals surface area (Å²) in [5.41, 5.74) is -0.240. The summed E-state index contributed by atoms with van der Waals surface area (Å²) in [6.07, 6.45) is 1.79. The first-order valence-electron chi connectivity index (χ1n) is 7.80. The summed E-state index contributed by atoms with van der Waals surface area (Å²) in [5, 5.41) is 0.596. The Morgan fingerprint density at radius 1 is 1.36 bits per heavy atom. The van der Waals surface area contributed by atoms with Crippen molar-refractivity contribution in [1.82, 2.24) is 4.98 Å². The summed E-state index contributed by atoms with van der Waals surface area (Å²) in [7, 11) is -2.11. The van der Waals surface area contributed by atoms with Gasteiger partial charge in [0, 0.05) is 19.1 Å². The minimum Gasteiger partial charge on any atom is -0.375 e. The average Bonchev–Trinajstić information content (AvgIpc) is 3.22. The number of aromatic nitrogens is 1. The first-order valence-corrected chi connectivity index (χ1v) is 10.1. The second-order valence-corrected chi connectivity index (χ2v) is 9.13. The van der Waals surface area contributed by atoms with E-state index >= 15 is 0 Å². The minimum absolute atomic E-state index is 0.110. The molecule has 8 heteroatoms. The van der Waals surface area contributed by atoms with Crippen molar-refractivity contribution in [2.75, 3.05) is 13.7 Å². The fourth-order valence-corrected chi connectivity index (χ4v) is 5.73. The highest BCUT2D eigenvalue weighted by Gasteiger charge is 2.46. The van der Waals surface area contributed by atoms with Crippen molar-refractivity contribution in [3.05, 3.63) is 41.0 Å². The van der Waals surface area contributed by atoms with Crippen LogP contribution in [0.5, 0.6) is 0 Å². The number of ether oxygens (including phenoxy) is 2. The number of rotatable bonds is 5. The predicted molar refractivity (Wildman–Crippen MR) is 92.7 cm³/mol. The number of nitrogens with zero attached hydrogens (tertiary/aromatic N) is 1. The first-order chi connectivity index (χ1) is 11.8. The van der Waals surface area contributed by atoms with Crippen molar-refractivity contribution < 1.29 is 22.7 Å². The first kappa shape index (κ1) is 18.2. The van der Waals surface area contributed by atoms with Crippen LogP contribution < -0.4 is 0 Å². The van der Waals surface area contributed by atoms with E-state index in [1.165, 1.54) is 37.4 Å². The largest absolute Gasteiger partial charge is 0.375 e. The molecule has 25 heavy (non-hydrogen) atoms. The van der Waals surface area contributed by atoms with Gasteiger partial charge in [-0.3, -0.25) is 4.79 Å². The Hall–Kier alpha value is -1.61. The average molecular weight is 381 g/mol. The van der Waals surface area contributed by atoms with E-state index in [-0.39, 0.29) is 21.0 Å². The molecule has 6 nitrogen and oxygen atoms in total. The molecule has 0 saturated carbocycles. The topological polar surface area (TPSA) is 82.6 Å². The van der Waals surface area contributed by atoms with Gasteiger partial charge in [-0.1, -0.05) is 12.1 Å². The van der Waals surface area contributed by atoms with Crippen LogP contribution in [0.25, 0.3) is 0 Å². The van der Waals surface area contributed by atoms with Crippen LogP contribution in [0.3, 0.4) is 0 Å². The van der Waals surface area contributed by atoms with Crippen LogP contribution in [-0.4, -0.2) is 39.0 Å². The van der Waals surface area contributed by atoms with Gasteiger partial charge in [0.25, 0.3) is 0 Å². The Balaban J connectivity index is 1.97. The van der Waals surface area contributed by atoms with E-state index in [4.69, 9.17) is 9.47 Å². The van der Waals surface area contributed by atoms with E-state index < -0.39 is 15.4 Å². The number of Topliss-reactive ketones (excluding diaryl/α,β-unsaturated/α-hetero) is 1. The number of methoxy groups -OCH3 is 1. The van der Waals surface area contributed by atoms with Crippen LogP contribution in [0.2, 0.25) is 0 Å². The molecule has 0 amide bonds. The van der Waals surface area contributed by atoms with Crippen molar-refractivity contribution in [2.45, 2.75) is 41.1 Å². The molecule has 1 fully saturated rings. The highest BCUT2D eigenvalue weighted by molar-refractivity contribution is 7.93. The molecular weight excluding hydrogens is 362 g/mol. The molecule has 0 spiro atoms. The number of carbonyl (C=O) groups excluding carboxylic acids is 1. The lowest BCUT2D eigenvalue weighted by molar-refractivity contribution is -0.0647. The van der Waals surface area contributed by atoms with Crippen molar-refractivity contribution in [1.29, 1.82) is 0 Å². The van der Waals surface area contributed by atoms with Crippen LogP contribution in [0.1, 0.15) is 35.6 Å². The molecule has 1 aliphatic heterocycles. The Kier molecular flexibility index (Phi) is 4.80. The molecule has 3 rings (SSSR count). The van der Waals surface area contributed by atoms with Gasteiger partial charge in [0.2, 0.25) is 9.84 Å². The van der Waals surface area contributed by atoms with Gasteiger partial charge in [-0.25, -0.2) is 13.4 Å². The third-order valence-electron chi connectivity index (χ3n) is 4.54.